The number of thioether (sulfide) groups is 1. The summed E-state index contributed by atoms with van der Waals surface area (Å²) in [5.74, 6) is 2.12. The Morgan fingerprint density at radius 1 is 0.970 bits per heavy atom. The maximum atomic E-state index is 13.4. The molecule has 1 aliphatic heterocycles. The van der Waals surface area contributed by atoms with E-state index in [9.17, 15) is 16.8 Å². The van der Waals surface area contributed by atoms with Gasteiger partial charge in [-0.3, -0.25) is 0 Å². The first-order chi connectivity index (χ1) is 15.7. The normalized spacial score (nSPS) is 16.0. The van der Waals surface area contributed by atoms with Crippen molar-refractivity contribution in [2.45, 2.75) is 29.6 Å². The maximum Gasteiger partial charge on any atom is 0.268 e. The van der Waals surface area contributed by atoms with Crippen molar-refractivity contribution in [2.24, 2.45) is 0 Å². The van der Waals surface area contributed by atoms with Crippen LogP contribution in [0.15, 0.2) is 64.5 Å². The van der Waals surface area contributed by atoms with Crippen LogP contribution in [0.5, 0.6) is 0 Å². The first-order valence-electron chi connectivity index (χ1n) is 11.0. The molecule has 2 heterocycles. The smallest absolute Gasteiger partial charge is 0.268 e. The van der Waals surface area contributed by atoms with Crippen LogP contribution < -0.4 is 4.72 Å². The average Bonchev–Trinajstić information content (AvgIpc) is 3.22. The van der Waals surface area contributed by atoms with Crippen molar-refractivity contribution >= 4 is 42.7 Å². The number of fused-ring (bicyclic) bond motifs is 1. The number of sulfonamides is 1. The molecule has 1 saturated heterocycles. The molecule has 0 unspecified atom stereocenters. The van der Waals surface area contributed by atoms with E-state index >= 15 is 0 Å². The summed E-state index contributed by atoms with van der Waals surface area (Å²) >= 11 is 1.90. The van der Waals surface area contributed by atoms with Crippen molar-refractivity contribution in [3.05, 3.63) is 60.3 Å². The molecule has 0 amide bonds. The van der Waals surface area contributed by atoms with Crippen molar-refractivity contribution < 1.29 is 16.8 Å². The molecule has 0 spiro atoms. The summed E-state index contributed by atoms with van der Waals surface area (Å²) in [5.41, 5.74) is 1.15. The Bertz CT molecular complexity index is 1330. The van der Waals surface area contributed by atoms with Crippen LogP contribution in [0, 0.1) is 0 Å². The van der Waals surface area contributed by atoms with Gasteiger partial charge in [0.15, 0.2) is 0 Å². The number of rotatable bonds is 8. The first-order valence-corrected chi connectivity index (χ1v) is 15.0. The summed E-state index contributed by atoms with van der Waals surface area (Å²) in [6.07, 6.45) is 1.25. The fraction of sp³-hybridized carbons (Fsp3) is 0.391. The summed E-state index contributed by atoms with van der Waals surface area (Å²) < 4.78 is 57.5. The molecule has 0 bridgehead atoms. The lowest BCUT2D eigenvalue weighted by Gasteiger charge is -2.25. The molecule has 10 heteroatoms. The van der Waals surface area contributed by atoms with Crippen LogP contribution in [-0.4, -0.2) is 63.4 Å². The lowest BCUT2D eigenvalue weighted by molar-refractivity contribution is 0.307. The highest BCUT2D eigenvalue weighted by Crippen LogP contribution is 2.34. The molecule has 1 aromatic heterocycles. The highest BCUT2D eigenvalue weighted by molar-refractivity contribution is 7.99. The molecule has 0 aliphatic carbocycles. The van der Waals surface area contributed by atoms with E-state index in [2.05, 4.69) is 9.62 Å². The van der Waals surface area contributed by atoms with Crippen molar-refractivity contribution in [1.29, 1.82) is 0 Å². The third kappa shape index (κ3) is 5.00. The summed E-state index contributed by atoms with van der Waals surface area (Å²) in [4.78, 5) is 2.34. The van der Waals surface area contributed by atoms with Gasteiger partial charge in [0.25, 0.3) is 10.0 Å². The van der Waals surface area contributed by atoms with Gasteiger partial charge in [-0.1, -0.05) is 44.2 Å². The van der Waals surface area contributed by atoms with Gasteiger partial charge < -0.3 is 4.90 Å². The molecule has 178 valence electrons. The monoisotopic (exact) mass is 507 g/mol. The molecular weight excluding hydrogens is 478 g/mol. The Hall–Kier alpha value is -1.85. The van der Waals surface area contributed by atoms with Gasteiger partial charge in [0, 0.05) is 49.3 Å². The van der Waals surface area contributed by atoms with Gasteiger partial charge in [0.05, 0.1) is 10.4 Å². The second kappa shape index (κ2) is 9.79. The minimum atomic E-state index is -3.97. The number of nitrogens with zero attached hydrogens (tertiary/aromatic N) is 2. The number of hydrogen-bond acceptors (Lipinski definition) is 6. The van der Waals surface area contributed by atoms with Crippen molar-refractivity contribution in [2.75, 3.05) is 37.7 Å². The summed E-state index contributed by atoms with van der Waals surface area (Å²) in [6, 6.07) is 13.3. The van der Waals surface area contributed by atoms with E-state index in [0.717, 1.165) is 34.1 Å². The number of nitrogens with one attached hydrogen (secondary N) is 1. The van der Waals surface area contributed by atoms with Crippen molar-refractivity contribution in [3.63, 3.8) is 0 Å². The SMILES string of the molecule is CC(C)c1cccc2c1c(S(=O)(=O)NCCN1CCSCC1)cn2S(=O)(=O)c1ccccc1. The molecule has 0 atom stereocenters. The molecule has 0 saturated carbocycles. The third-order valence-corrected chi connectivity index (χ3v) is 9.93. The molecule has 4 rings (SSSR count). The minimum absolute atomic E-state index is 0.00416. The molecular formula is C23H29N3O4S3. The van der Waals surface area contributed by atoms with Gasteiger partial charge in [0.2, 0.25) is 10.0 Å². The van der Waals surface area contributed by atoms with Crippen LogP contribution >= 0.6 is 11.8 Å². The second-order valence-corrected chi connectivity index (χ2v) is 13.1. The number of benzene rings is 2. The van der Waals surface area contributed by atoms with Gasteiger partial charge in [-0.2, -0.15) is 11.8 Å². The molecule has 3 aromatic rings. The average molecular weight is 508 g/mol. The third-order valence-electron chi connectivity index (χ3n) is 5.83. The molecule has 1 aliphatic rings. The van der Waals surface area contributed by atoms with Crippen molar-refractivity contribution in [1.82, 2.24) is 13.6 Å². The van der Waals surface area contributed by atoms with E-state index in [1.807, 2.05) is 31.7 Å². The van der Waals surface area contributed by atoms with Crippen LogP contribution in [0.3, 0.4) is 0 Å². The molecule has 1 fully saturated rings. The molecule has 7 nitrogen and oxygen atoms in total. The number of hydrogen-bond donors (Lipinski definition) is 1. The fourth-order valence-corrected chi connectivity index (χ4v) is 7.76. The largest absolute Gasteiger partial charge is 0.300 e. The summed E-state index contributed by atoms with van der Waals surface area (Å²) in [7, 11) is -7.90. The highest BCUT2D eigenvalue weighted by atomic mass is 32.2. The number of aromatic nitrogens is 1. The van der Waals surface area contributed by atoms with E-state index < -0.39 is 20.0 Å². The maximum absolute atomic E-state index is 13.4. The molecule has 1 N–H and O–H groups in total. The fourth-order valence-electron chi connectivity index (χ4n) is 4.08. The minimum Gasteiger partial charge on any atom is -0.300 e. The zero-order valence-electron chi connectivity index (χ0n) is 18.8. The topological polar surface area (TPSA) is 88.5 Å². The Balaban J connectivity index is 1.77. The van der Waals surface area contributed by atoms with Crippen LogP contribution in [0.2, 0.25) is 0 Å². The van der Waals surface area contributed by atoms with Gasteiger partial charge in [0.1, 0.15) is 4.90 Å². The van der Waals surface area contributed by atoms with Gasteiger partial charge >= 0.3 is 0 Å². The Morgan fingerprint density at radius 2 is 1.67 bits per heavy atom. The van der Waals surface area contributed by atoms with Crippen LogP contribution in [0.25, 0.3) is 10.9 Å². The van der Waals surface area contributed by atoms with E-state index in [0.29, 0.717) is 17.4 Å². The molecule has 2 aromatic carbocycles. The van der Waals surface area contributed by atoms with E-state index in [-0.39, 0.29) is 22.3 Å². The predicted octanol–water partition coefficient (Wildman–Crippen LogP) is 3.33. The lowest BCUT2D eigenvalue weighted by Crippen LogP contribution is -2.39. The molecule has 0 radical (unpaired) electrons. The zero-order chi connectivity index (χ0) is 23.6. The standard InChI is InChI=1S/C23H29N3O4S3/c1-18(2)20-9-6-10-21-23(20)22(17-26(21)33(29,30)19-7-4-3-5-8-19)32(27,28)24-11-12-25-13-15-31-16-14-25/h3-10,17-18,24H,11-16H2,1-2H3. The van der Waals surface area contributed by atoms with Gasteiger partial charge in [-0.15, -0.1) is 0 Å². The van der Waals surface area contributed by atoms with Crippen LogP contribution in [-0.2, 0) is 20.0 Å². The lowest BCUT2D eigenvalue weighted by atomic mass is 9.99. The van der Waals surface area contributed by atoms with Crippen LogP contribution in [0.4, 0.5) is 0 Å². The van der Waals surface area contributed by atoms with E-state index in [1.165, 1.54) is 18.3 Å². The van der Waals surface area contributed by atoms with E-state index in [4.69, 9.17) is 0 Å². The van der Waals surface area contributed by atoms with Gasteiger partial charge in [-0.25, -0.2) is 25.5 Å². The summed E-state index contributed by atoms with van der Waals surface area (Å²) in [5, 5.41) is 0.453. The van der Waals surface area contributed by atoms with E-state index in [1.54, 1.807) is 30.3 Å². The first kappa shape index (κ1) is 24.3. The zero-order valence-corrected chi connectivity index (χ0v) is 21.2. The van der Waals surface area contributed by atoms with Crippen molar-refractivity contribution in [3.8, 4) is 0 Å². The Kier molecular flexibility index (Phi) is 7.20. The summed E-state index contributed by atoms with van der Waals surface area (Å²) in [6.45, 7) is 6.72. The second-order valence-electron chi connectivity index (χ2n) is 8.36. The Morgan fingerprint density at radius 3 is 2.33 bits per heavy atom. The molecule has 33 heavy (non-hydrogen) atoms. The quantitative estimate of drug-likeness (QED) is 0.503. The predicted molar refractivity (Wildman–Crippen MR) is 134 cm³/mol. The Labute approximate surface area is 200 Å². The van der Waals surface area contributed by atoms with Crippen LogP contribution in [0.1, 0.15) is 25.3 Å². The highest BCUT2D eigenvalue weighted by Gasteiger charge is 2.28. The van der Waals surface area contributed by atoms with Gasteiger partial charge in [-0.05, 0) is 29.7 Å².